The Labute approximate surface area is 470 Å². The minimum Gasteiger partial charge on any atom is -0.477 e. The number of hydrogen-bond donors (Lipinski definition) is 6. The van der Waals surface area contributed by atoms with Gasteiger partial charge >= 0.3 is 17.9 Å². The summed E-state index contributed by atoms with van der Waals surface area (Å²) in [6, 6.07) is 1.55. The largest absolute Gasteiger partial charge is 0.477 e. The second kappa shape index (κ2) is 28.6. The molecule has 80 heavy (non-hydrogen) atoms. The number of carboxylic acid groups (broad SMARTS) is 1. The summed E-state index contributed by atoms with van der Waals surface area (Å²) in [5.74, 6) is -5.63. The third-order valence-electron chi connectivity index (χ3n) is 16.5. The second-order valence-electron chi connectivity index (χ2n) is 23.3. The molecule has 4 heterocycles. The molecule has 0 aliphatic carbocycles. The quantitative estimate of drug-likeness (QED) is 0.0802. The minimum absolute atomic E-state index is 0.00283. The predicted molar refractivity (Wildman–Crippen MR) is 294 cm³/mol. The minimum atomic E-state index is -1.88. The Morgan fingerprint density at radius 3 is 2.20 bits per heavy atom. The highest BCUT2D eigenvalue weighted by atomic mass is 19.1. The number of methoxy groups -OCH3 is 1. The van der Waals surface area contributed by atoms with Gasteiger partial charge in [-0.05, 0) is 114 Å². The van der Waals surface area contributed by atoms with Crippen LogP contribution in [0, 0.1) is 23.6 Å². The number of halogens is 1. The third-order valence-corrected chi connectivity index (χ3v) is 16.5. The van der Waals surface area contributed by atoms with Crippen LogP contribution in [-0.2, 0) is 58.8 Å². The van der Waals surface area contributed by atoms with Gasteiger partial charge in [0.2, 0.25) is 5.43 Å². The van der Waals surface area contributed by atoms with E-state index in [1.165, 1.54) is 26.3 Å². The fourth-order valence-corrected chi connectivity index (χ4v) is 11.8. The first-order valence-corrected chi connectivity index (χ1v) is 28.2. The number of aromatic carboxylic acids is 1. The molecule has 1 aromatic heterocycles. The van der Waals surface area contributed by atoms with Crippen LogP contribution in [0.5, 0.6) is 0 Å². The van der Waals surface area contributed by atoms with Gasteiger partial charge in [-0.1, -0.05) is 20.8 Å². The van der Waals surface area contributed by atoms with Crippen LogP contribution in [0.25, 0.3) is 10.9 Å². The molecule has 2 aromatic rings. The molecule has 0 bridgehead atoms. The number of esters is 2. The molecule has 1 aromatic carbocycles. The van der Waals surface area contributed by atoms with E-state index < -0.39 is 125 Å². The Morgan fingerprint density at radius 2 is 1.59 bits per heavy atom. The van der Waals surface area contributed by atoms with Crippen molar-refractivity contribution in [1.82, 2.24) is 14.4 Å². The van der Waals surface area contributed by atoms with Crippen molar-refractivity contribution < 1.29 is 86.9 Å². The zero-order valence-corrected chi connectivity index (χ0v) is 49.6. The number of aromatic nitrogens is 1. The van der Waals surface area contributed by atoms with Gasteiger partial charge in [0, 0.05) is 62.7 Å². The van der Waals surface area contributed by atoms with Gasteiger partial charge in [0.25, 0.3) is 0 Å². The molecule has 0 spiro atoms. The average Bonchev–Trinajstić information content (AvgIpc) is 3.55. The van der Waals surface area contributed by atoms with Gasteiger partial charge in [0.1, 0.15) is 40.9 Å². The number of aliphatic hydroxyl groups excluding tert-OH is 2. The van der Waals surface area contributed by atoms with Crippen LogP contribution in [0.1, 0.15) is 119 Å². The first kappa shape index (κ1) is 66.8. The van der Waals surface area contributed by atoms with E-state index in [1.54, 1.807) is 60.0 Å². The van der Waals surface area contributed by atoms with Gasteiger partial charge in [-0.25, -0.2) is 9.18 Å². The van der Waals surface area contributed by atoms with Crippen LogP contribution in [0.15, 0.2) is 23.1 Å². The van der Waals surface area contributed by atoms with Gasteiger partial charge < -0.3 is 87.8 Å². The molecular formula is C57H93FN4O18. The molecule has 18 atom stereocenters. The van der Waals surface area contributed by atoms with Crippen LogP contribution < -0.4 is 10.7 Å². The summed E-state index contributed by atoms with van der Waals surface area (Å²) in [6.07, 6.45) is -8.23. The number of aryl methyl sites for hydroxylation is 1. The molecule has 3 saturated heterocycles. The normalized spacial score (nSPS) is 36.3. The molecule has 0 radical (unpaired) electrons. The fraction of sp³-hybridized carbons (Fsp3) is 0.789. The summed E-state index contributed by atoms with van der Waals surface area (Å²) in [5.41, 5.74) is -5.43. The Bertz CT molecular complexity index is 2430. The van der Waals surface area contributed by atoms with E-state index in [4.69, 9.17) is 42.6 Å². The zero-order valence-electron chi connectivity index (χ0n) is 49.6. The van der Waals surface area contributed by atoms with Crippen molar-refractivity contribution >= 4 is 34.5 Å². The summed E-state index contributed by atoms with van der Waals surface area (Å²) in [5, 5.41) is 60.4. The maximum absolute atomic E-state index is 15.0. The Hall–Kier alpha value is -3.95. The number of rotatable bonds is 20. The molecule has 5 rings (SSSR count). The van der Waals surface area contributed by atoms with Crippen molar-refractivity contribution in [2.45, 2.75) is 205 Å². The molecule has 456 valence electrons. The van der Waals surface area contributed by atoms with E-state index in [1.807, 2.05) is 44.8 Å². The Morgan fingerprint density at radius 1 is 0.925 bits per heavy atom. The number of nitrogens with zero attached hydrogens (tertiary/aromatic N) is 3. The highest BCUT2D eigenvalue weighted by Gasteiger charge is 2.54. The molecule has 3 fully saturated rings. The average molecular weight is 1140 g/mol. The maximum Gasteiger partial charge on any atom is 0.341 e. The highest BCUT2D eigenvalue weighted by molar-refractivity contribution is 5.93. The number of hydrogen-bond acceptors (Lipinski definition) is 20. The van der Waals surface area contributed by atoms with Gasteiger partial charge in [-0.3, -0.25) is 14.4 Å². The molecular weight excluding hydrogens is 1050 g/mol. The van der Waals surface area contributed by atoms with Gasteiger partial charge in [-0.2, -0.15) is 0 Å². The molecule has 0 unspecified atom stereocenters. The predicted octanol–water partition coefficient (Wildman–Crippen LogP) is 4.16. The molecule has 22 nitrogen and oxygen atoms in total. The number of carbonyl (C=O) groups excluding carboxylic acids is 2. The smallest absolute Gasteiger partial charge is 0.341 e. The van der Waals surface area contributed by atoms with Gasteiger partial charge in [-0.15, -0.1) is 0 Å². The molecule has 6 N–H and O–H groups in total. The van der Waals surface area contributed by atoms with Crippen LogP contribution in [0.4, 0.5) is 10.1 Å². The van der Waals surface area contributed by atoms with Gasteiger partial charge in [0.15, 0.2) is 18.7 Å². The summed E-state index contributed by atoms with van der Waals surface area (Å²) in [7, 11) is 7.02. The highest BCUT2D eigenvalue weighted by Crippen LogP contribution is 2.41. The maximum atomic E-state index is 15.0. The SMILES string of the molecule is CC[C@H]1OC(=O)[C@H](C)[C@@H](O[C@H]2C[C@@](C)(OC)[C@@H](OC(=O)CCOCCOCCNc3cc4c(cc3F)c(=O)c(C(=O)O)cn4CC)[C@H](C)O2)[C@H](C)[C@@H](O[C@@H]2O[C@H](C)C[C@H](N(C)C)[C@H]2O)[C@](C)(O)C[C@@H](C)CN(C)[C@H](C)[C@@H](O)[C@]1(C)O. The van der Waals surface area contributed by atoms with Crippen molar-refractivity contribution in [2.24, 2.45) is 17.8 Å². The van der Waals surface area contributed by atoms with E-state index in [0.29, 0.717) is 25.0 Å². The lowest BCUT2D eigenvalue weighted by Crippen LogP contribution is -2.61. The number of cyclic esters (lactones) is 1. The van der Waals surface area contributed by atoms with E-state index >= 15 is 0 Å². The lowest BCUT2D eigenvalue weighted by Gasteiger charge is -2.49. The summed E-state index contributed by atoms with van der Waals surface area (Å²) >= 11 is 0. The lowest BCUT2D eigenvalue weighted by atomic mass is 9.77. The number of carbonyl (C=O) groups is 3. The molecule has 0 amide bonds. The number of benzene rings is 1. The zero-order chi connectivity index (χ0) is 59.8. The Balaban J connectivity index is 1.26. The summed E-state index contributed by atoms with van der Waals surface area (Å²) in [4.78, 5) is 56.0. The van der Waals surface area contributed by atoms with Crippen LogP contribution >= 0.6 is 0 Å². The number of aliphatic hydroxyl groups is 4. The monoisotopic (exact) mass is 1140 g/mol. The van der Waals surface area contributed by atoms with E-state index in [0.717, 1.165) is 6.07 Å². The number of carboxylic acids is 1. The van der Waals surface area contributed by atoms with Crippen molar-refractivity contribution in [3.63, 3.8) is 0 Å². The van der Waals surface area contributed by atoms with Gasteiger partial charge in [0.05, 0.1) is 80.0 Å². The van der Waals surface area contributed by atoms with E-state index in [9.17, 15) is 49.1 Å². The molecule has 3 aliphatic rings. The van der Waals surface area contributed by atoms with Crippen molar-refractivity contribution in [2.75, 3.05) is 73.1 Å². The first-order valence-electron chi connectivity index (χ1n) is 28.2. The topological polar surface area (TPSA) is 276 Å². The molecule has 3 aliphatic heterocycles. The number of fused-ring (bicyclic) bond motifs is 1. The fourth-order valence-electron chi connectivity index (χ4n) is 11.8. The summed E-state index contributed by atoms with van der Waals surface area (Å²) < 4.78 is 72.5. The number of anilines is 1. The van der Waals surface area contributed by atoms with Crippen molar-refractivity contribution in [3.8, 4) is 0 Å². The number of likely N-dealkylation sites (N-methyl/N-ethyl adjacent to an activating group) is 2. The lowest BCUT2D eigenvalue weighted by molar-refractivity contribution is -0.318. The number of nitrogens with one attached hydrogen (secondary N) is 1. The van der Waals surface area contributed by atoms with Crippen molar-refractivity contribution in [3.05, 3.63) is 39.9 Å². The van der Waals surface area contributed by atoms with E-state index in [-0.39, 0.29) is 87.8 Å². The van der Waals surface area contributed by atoms with Crippen LogP contribution in [-0.4, -0.2) is 216 Å². The van der Waals surface area contributed by atoms with Crippen LogP contribution in [0.2, 0.25) is 0 Å². The third kappa shape index (κ3) is 16.0. The second-order valence-corrected chi connectivity index (χ2v) is 23.3. The van der Waals surface area contributed by atoms with Crippen LogP contribution in [0.3, 0.4) is 0 Å². The summed E-state index contributed by atoms with van der Waals surface area (Å²) in [6.45, 7) is 20.5. The number of pyridine rings is 1. The van der Waals surface area contributed by atoms with E-state index in [2.05, 4.69) is 5.32 Å². The number of ether oxygens (including phenoxy) is 9. The molecule has 23 heteroatoms. The van der Waals surface area contributed by atoms with Crippen molar-refractivity contribution in [1.29, 1.82) is 0 Å². The standard InChI is InChI=1S/C57H93FN4O18/c1-16-43-57(11,71)49(66)35(7)61(14)29-31(3)27-55(9,70)50(80-54-47(65)42(60(12)13)24-32(4)75-54)33(5)48(34(6)53(69)77-43)79-45-28-56(10,72-15)51(36(8)76-45)78-44(63)18-20-73-22-23-74-21-19-59-40-26-41-37(25-39(40)58)46(64)38(52(67)68)30-62(41)17-2/h25-26,30-36,42-43,45,47-51,54,59,65-66,70-71H,16-24,27-29H2,1-15H3,(H,67,68)/t31-,32-,33+,34-,35-,36+,42+,43-,45+,47-,48+,49-,50-,51+,54+,55-,56-,57-/m1/s1. The first-order chi connectivity index (χ1) is 37.4. The Kier molecular flexibility index (Phi) is 23.9. The molecule has 0 saturated carbocycles.